The molecule has 2 N–H and O–H groups in total. The highest BCUT2D eigenvalue weighted by atomic mass is 35.5. The molecular weight excluding hydrogens is 419 g/mol. The van der Waals surface area contributed by atoms with Gasteiger partial charge in [-0.2, -0.15) is 0 Å². The van der Waals surface area contributed by atoms with Crippen molar-refractivity contribution >= 4 is 33.9 Å². The zero-order valence-corrected chi connectivity index (χ0v) is 16.1. The highest BCUT2D eigenvalue weighted by Gasteiger charge is 2.53. The Morgan fingerprint density at radius 3 is 1.90 bits per heavy atom. The number of hydrogen-bond donors (Lipinski definition) is 2. The molecule has 0 saturated heterocycles. The minimum Gasteiger partial charge on any atom is -0.508 e. The molecule has 2 heterocycles. The Hall–Kier alpha value is -3.22. The summed E-state index contributed by atoms with van der Waals surface area (Å²) in [6.07, 6.45) is 0. The number of phenolic OH excluding ortho intramolecular Hbond substituents is 2. The standard InChI is InChI=1S/C20H12O5.CCl2O/c21-11-5-7-15-17(9-11)24-18-10-12(22)6-8-16(18)20(15)14-4-2-1-3-13(14)19(23)25-20;2-1(3)4/h1-10,21-22H;. The number of carbonyl (C=O) groups is 2. The number of ether oxygens (including phenoxy) is 2. The first kappa shape index (κ1) is 19.1. The minimum atomic E-state index is -1.17. The number of halogens is 2. The Morgan fingerprint density at radius 1 is 0.828 bits per heavy atom. The Bertz CT molecular complexity index is 1100. The van der Waals surface area contributed by atoms with Crippen molar-refractivity contribution in [1.82, 2.24) is 0 Å². The molecule has 0 radical (unpaired) electrons. The van der Waals surface area contributed by atoms with Crippen LogP contribution in [0, 0.1) is 0 Å². The summed E-state index contributed by atoms with van der Waals surface area (Å²) in [6.45, 7) is 0. The second kappa shape index (κ2) is 6.99. The van der Waals surface area contributed by atoms with Crippen molar-refractivity contribution in [2.24, 2.45) is 0 Å². The van der Waals surface area contributed by atoms with Gasteiger partial charge in [0.25, 0.3) is 0 Å². The predicted molar refractivity (Wildman–Crippen MR) is 105 cm³/mol. The molecule has 29 heavy (non-hydrogen) atoms. The van der Waals surface area contributed by atoms with Crippen molar-refractivity contribution in [2.45, 2.75) is 5.60 Å². The van der Waals surface area contributed by atoms with Gasteiger partial charge in [0.05, 0.1) is 5.56 Å². The van der Waals surface area contributed by atoms with E-state index in [-0.39, 0.29) is 11.5 Å². The molecule has 146 valence electrons. The molecule has 0 amide bonds. The summed E-state index contributed by atoms with van der Waals surface area (Å²) in [5.74, 6) is 0.408. The van der Waals surface area contributed by atoms with E-state index in [9.17, 15) is 15.0 Å². The van der Waals surface area contributed by atoms with Gasteiger partial charge in [-0.05, 0) is 53.5 Å². The Kier molecular flexibility index (Phi) is 4.61. The van der Waals surface area contributed by atoms with Crippen molar-refractivity contribution in [1.29, 1.82) is 0 Å². The maximum atomic E-state index is 12.5. The van der Waals surface area contributed by atoms with Gasteiger partial charge in [0, 0.05) is 28.8 Å². The zero-order chi connectivity index (χ0) is 20.8. The predicted octanol–water partition coefficient (Wildman–Crippen LogP) is 5.25. The molecule has 1 spiro atoms. The molecule has 2 aliphatic rings. The third kappa shape index (κ3) is 3.06. The van der Waals surface area contributed by atoms with Crippen LogP contribution in [0.4, 0.5) is 4.79 Å². The maximum Gasteiger partial charge on any atom is 0.340 e. The molecule has 0 saturated carbocycles. The first-order valence-corrected chi connectivity index (χ1v) is 9.11. The van der Waals surface area contributed by atoms with Crippen LogP contribution in [-0.2, 0) is 10.3 Å². The van der Waals surface area contributed by atoms with Crippen molar-refractivity contribution in [3.05, 3.63) is 82.9 Å². The highest BCUT2D eigenvalue weighted by molar-refractivity contribution is 6.93. The number of phenols is 2. The monoisotopic (exact) mass is 430 g/mol. The fraction of sp³-hybridized carbons (Fsp3) is 0.0476. The van der Waals surface area contributed by atoms with Gasteiger partial charge >= 0.3 is 10.7 Å². The Balaban J connectivity index is 0.000000472. The van der Waals surface area contributed by atoms with Gasteiger partial charge in [0.2, 0.25) is 0 Å². The lowest BCUT2D eigenvalue weighted by Crippen LogP contribution is -2.32. The van der Waals surface area contributed by atoms with E-state index in [1.54, 1.807) is 24.3 Å². The van der Waals surface area contributed by atoms with E-state index in [0.29, 0.717) is 33.8 Å². The molecule has 2 aliphatic heterocycles. The summed E-state index contributed by atoms with van der Waals surface area (Å²) in [5, 5.41) is 19.7. The average molecular weight is 431 g/mol. The molecule has 8 heteroatoms. The first-order chi connectivity index (χ1) is 13.8. The maximum absolute atomic E-state index is 12.5. The van der Waals surface area contributed by atoms with Crippen LogP contribution in [0.1, 0.15) is 27.0 Å². The minimum absolute atomic E-state index is 0.0371. The van der Waals surface area contributed by atoms with Crippen LogP contribution in [0.25, 0.3) is 0 Å². The summed E-state index contributed by atoms with van der Waals surface area (Å²) < 4.78 is 10.9. The number of fused-ring (bicyclic) bond motifs is 6. The van der Waals surface area contributed by atoms with Gasteiger partial charge in [-0.1, -0.05) is 18.2 Å². The van der Waals surface area contributed by atoms with Crippen LogP contribution in [-0.4, -0.2) is 20.9 Å². The fourth-order valence-electron chi connectivity index (χ4n) is 3.65. The molecule has 0 bridgehead atoms. The van der Waals surface area contributed by atoms with E-state index < -0.39 is 16.3 Å². The van der Waals surface area contributed by atoms with Crippen LogP contribution in [0.2, 0.25) is 0 Å². The third-order valence-electron chi connectivity index (χ3n) is 4.68. The smallest absolute Gasteiger partial charge is 0.340 e. The second-order valence-corrected chi connectivity index (χ2v) is 7.19. The van der Waals surface area contributed by atoms with E-state index in [0.717, 1.165) is 0 Å². The SMILES string of the molecule is O=C(Cl)Cl.O=C1OC2(c3ccc(O)cc3Oc3cc(O)ccc32)c2ccccc21. The number of esters is 1. The molecule has 0 aromatic heterocycles. The van der Waals surface area contributed by atoms with Gasteiger partial charge in [-0.15, -0.1) is 0 Å². The van der Waals surface area contributed by atoms with Gasteiger partial charge < -0.3 is 19.7 Å². The van der Waals surface area contributed by atoms with Gasteiger partial charge in [0.1, 0.15) is 23.0 Å². The zero-order valence-electron chi connectivity index (χ0n) is 14.6. The van der Waals surface area contributed by atoms with Crippen molar-refractivity contribution < 1.29 is 29.3 Å². The summed E-state index contributed by atoms with van der Waals surface area (Å²) in [5.41, 5.74) is 1.28. The van der Waals surface area contributed by atoms with E-state index in [1.165, 1.54) is 24.3 Å². The van der Waals surface area contributed by atoms with Gasteiger partial charge in [0.15, 0.2) is 5.60 Å². The molecule has 3 aromatic carbocycles. The summed E-state index contributed by atoms with van der Waals surface area (Å²) >= 11 is 8.80. The molecule has 0 atom stereocenters. The van der Waals surface area contributed by atoms with Gasteiger partial charge in [-0.25, -0.2) is 4.79 Å². The lowest BCUT2D eigenvalue weighted by Gasteiger charge is -2.36. The second-order valence-electron chi connectivity index (χ2n) is 6.31. The first-order valence-electron chi connectivity index (χ1n) is 8.35. The number of aromatic hydroxyl groups is 2. The van der Waals surface area contributed by atoms with Crippen LogP contribution in [0.15, 0.2) is 60.7 Å². The van der Waals surface area contributed by atoms with E-state index in [1.807, 2.05) is 12.1 Å². The normalized spacial score (nSPS) is 14.5. The van der Waals surface area contributed by atoms with E-state index in [4.69, 9.17) is 14.3 Å². The topological polar surface area (TPSA) is 93.1 Å². The number of carbonyl (C=O) groups excluding carboxylic acids is 2. The lowest BCUT2D eigenvalue weighted by molar-refractivity contribution is 0.0224. The van der Waals surface area contributed by atoms with Crippen molar-refractivity contribution in [3.63, 3.8) is 0 Å². The summed E-state index contributed by atoms with van der Waals surface area (Å²) in [4.78, 5) is 21.5. The summed E-state index contributed by atoms with van der Waals surface area (Å²) in [7, 11) is 0. The molecule has 5 rings (SSSR count). The van der Waals surface area contributed by atoms with E-state index >= 15 is 0 Å². The Labute approximate surface area is 174 Å². The largest absolute Gasteiger partial charge is 0.508 e. The summed E-state index contributed by atoms with van der Waals surface area (Å²) in [6, 6.07) is 16.6. The molecular formula is C21H12Cl2O6. The molecule has 0 aliphatic carbocycles. The number of rotatable bonds is 0. The lowest BCUT2D eigenvalue weighted by atomic mass is 9.77. The Morgan fingerprint density at radius 2 is 1.34 bits per heavy atom. The average Bonchev–Trinajstić information content (AvgIpc) is 2.95. The molecule has 3 aromatic rings. The number of benzene rings is 3. The van der Waals surface area contributed by atoms with Crippen molar-refractivity contribution in [3.8, 4) is 23.0 Å². The van der Waals surface area contributed by atoms with E-state index in [2.05, 4.69) is 23.2 Å². The molecule has 0 fully saturated rings. The van der Waals surface area contributed by atoms with Crippen LogP contribution in [0.3, 0.4) is 0 Å². The van der Waals surface area contributed by atoms with Crippen molar-refractivity contribution in [2.75, 3.05) is 0 Å². The molecule has 6 nitrogen and oxygen atoms in total. The van der Waals surface area contributed by atoms with Crippen LogP contribution < -0.4 is 4.74 Å². The quantitative estimate of drug-likeness (QED) is 0.373. The molecule has 0 unspecified atom stereocenters. The van der Waals surface area contributed by atoms with Crippen LogP contribution >= 0.6 is 23.2 Å². The number of hydrogen-bond acceptors (Lipinski definition) is 6. The van der Waals surface area contributed by atoms with Gasteiger partial charge in [-0.3, -0.25) is 4.79 Å². The fourth-order valence-corrected chi connectivity index (χ4v) is 3.65. The highest BCUT2D eigenvalue weighted by Crippen LogP contribution is 2.56. The van der Waals surface area contributed by atoms with Crippen LogP contribution in [0.5, 0.6) is 23.0 Å². The third-order valence-corrected chi connectivity index (χ3v) is 4.68.